The number of ether oxygens (including phenoxy) is 1. The van der Waals surface area contributed by atoms with E-state index in [0.29, 0.717) is 12.1 Å². The van der Waals surface area contributed by atoms with Crippen LogP contribution in [0.15, 0.2) is 48.4 Å². The number of aldehydes is 1. The van der Waals surface area contributed by atoms with Gasteiger partial charge in [0.2, 0.25) is 0 Å². The van der Waals surface area contributed by atoms with E-state index in [2.05, 4.69) is 0 Å². The van der Waals surface area contributed by atoms with Crippen molar-refractivity contribution in [3.05, 3.63) is 64.1 Å². The summed E-state index contributed by atoms with van der Waals surface area (Å²) in [5.41, 5.74) is 1.71. The molecule has 1 aliphatic carbocycles. The number of nitrogens with zero attached hydrogens (tertiary/aromatic N) is 2. The second kappa shape index (κ2) is 8.84. The third-order valence-corrected chi connectivity index (χ3v) is 5.46. The molecule has 0 amide bonds. The Morgan fingerprint density at radius 1 is 1.26 bits per heavy atom. The van der Waals surface area contributed by atoms with Crippen molar-refractivity contribution in [3.63, 3.8) is 0 Å². The molecule has 3 atom stereocenters. The normalized spacial score (nSPS) is 25.7. The second-order valence-electron chi connectivity index (χ2n) is 7.36. The highest BCUT2D eigenvalue weighted by molar-refractivity contribution is 5.54. The smallest absolute Gasteiger partial charge is 0.274 e. The molecule has 144 valence electrons. The Morgan fingerprint density at radius 2 is 2.04 bits per heavy atom. The molecule has 1 fully saturated rings. The van der Waals surface area contributed by atoms with Crippen molar-refractivity contribution in [3.8, 4) is 0 Å². The molecule has 0 radical (unpaired) electrons. The van der Waals surface area contributed by atoms with Gasteiger partial charge >= 0.3 is 0 Å². The van der Waals surface area contributed by atoms with Crippen LogP contribution in [0, 0.1) is 22.0 Å². The van der Waals surface area contributed by atoms with Gasteiger partial charge in [-0.1, -0.05) is 37.5 Å². The summed E-state index contributed by atoms with van der Waals surface area (Å²) in [5.74, 6) is 0.0190. The standard InChI is InChI=1S/C21H26N2O4/c1-16-11-12-22(13-17-7-5-6-10-20(17)23(25)26)21(27-15-16)19-9-4-2-3-8-18(19)14-24/h5-7,10-12,14-15,18-19,21H,2-4,8-9,13H2,1H3. The minimum atomic E-state index is -0.351. The van der Waals surface area contributed by atoms with Gasteiger partial charge in [0, 0.05) is 29.7 Å². The first-order valence-corrected chi connectivity index (χ1v) is 9.54. The van der Waals surface area contributed by atoms with Crippen LogP contribution in [-0.2, 0) is 16.1 Å². The molecule has 2 aliphatic rings. The first kappa shape index (κ1) is 19.1. The molecular weight excluding hydrogens is 344 g/mol. The predicted molar refractivity (Wildman–Crippen MR) is 103 cm³/mol. The highest BCUT2D eigenvalue weighted by Crippen LogP contribution is 2.35. The summed E-state index contributed by atoms with van der Waals surface area (Å²) in [6.07, 6.45) is 11.4. The van der Waals surface area contributed by atoms with Gasteiger partial charge in [0.1, 0.15) is 6.29 Å². The van der Waals surface area contributed by atoms with Gasteiger partial charge in [-0.3, -0.25) is 10.1 Å². The lowest BCUT2D eigenvalue weighted by Gasteiger charge is -2.36. The van der Waals surface area contributed by atoms with Gasteiger partial charge in [0.05, 0.1) is 17.7 Å². The molecule has 1 heterocycles. The third kappa shape index (κ3) is 4.56. The monoisotopic (exact) mass is 370 g/mol. The van der Waals surface area contributed by atoms with Crippen LogP contribution in [0.25, 0.3) is 0 Å². The quantitative estimate of drug-likeness (QED) is 0.329. The number of nitro benzene ring substituents is 1. The number of allylic oxidation sites excluding steroid dienone is 2. The van der Waals surface area contributed by atoms with Crippen molar-refractivity contribution in [2.24, 2.45) is 11.8 Å². The maximum Gasteiger partial charge on any atom is 0.274 e. The number of hydrogen-bond acceptors (Lipinski definition) is 5. The van der Waals surface area contributed by atoms with E-state index in [1.54, 1.807) is 18.4 Å². The first-order valence-electron chi connectivity index (χ1n) is 9.54. The van der Waals surface area contributed by atoms with Crippen LogP contribution in [0.2, 0.25) is 0 Å². The SMILES string of the molecule is CC1=COC(C2CCCCCC2C=O)N(Cc2ccccc2[N+](=O)[O-])C=C1. The minimum absolute atomic E-state index is 0.0500. The van der Waals surface area contributed by atoms with Crippen molar-refractivity contribution in [2.45, 2.75) is 51.8 Å². The predicted octanol–water partition coefficient (Wildman–Crippen LogP) is 4.57. The summed E-state index contributed by atoms with van der Waals surface area (Å²) in [4.78, 5) is 24.8. The van der Waals surface area contributed by atoms with E-state index in [1.165, 1.54) is 6.07 Å². The van der Waals surface area contributed by atoms with E-state index in [9.17, 15) is 14.9 Å². The number of carbonyl (C=O) groups excluding carboxylic acids is 1. The molecule has 27 heavy (non-hydrogen) atoms. The summed E-state index contributed by atoms with van der Waals surface area (Å²) < 4.78 is 6.10. The average molecular weight is 370 g/mol. The summed E-state index contributed by atoms with van der Waals surface area (Å²) in [5, 5.41) is 11.4. The molecule has 1 aromatic carbocycles. The molecule has 0 aromatic heterocycles. The van der Waals surface area contributed by atoms with Crippen molar-refractivity contribution in [1.29, 1.82) is 0 Å². The Hall–Kier alpha value is -2.63. The summed E-state index contributed by atoms with van der Waals surface area (Å²) in [6.45, 7) is 2.31. The lowest BCUT2D eigenvalue weighted by Crippen LogP contribution is -2.41. The van der Waals surface area contributed by atoms with Gasteiger partial charge in [-0.05, 0) is 31.4 Å². The number of hydrogen-bond donors (Lipinski definition) is 0. The molecule has 1 aromatic rings. The molecule has 0 saturated heterocycles. The number of rotatable bonds is 5. The fourth-order valence-electron chi connectivity index (χ4n) is 3.99. The van der Waals surface area contributed by atoms with Crippen LogP contribution in [0.5, 0.6) is 0 Å². The molecule has 3 rings (SSSR count). The highest BCUT2D eigenvalue weighted by atomic mass is 16.6. The van der Waals surface area contributed by atoms with Gasteiger partial charge in [-0.2, -0.15) is 0 Å². The molecule has 0 spiro atoms. The zero-order chi connectivity index (χ0) is 19.2. The van der Waals surface area contributed by atoms with E-state index in [-0.39, 0.29) is 28.7 Å². The molecule has 3 unspecified atom stereocenters. The highest BCUT2D eigenvalue weighted by Gasteiger charge is 2.35. The molecule has 0 N–H and O–H groups in total. The van der Waals surface area contributed by atoms with Crippen LogP contribution in [0.1, 0.15) is 44.6 Å². The second-order valence-corrected chi connectivity index (χ2v) is 7.36. The Bertz CT molecular complexity index is 743. The summed E-state index contributed by atoms with van der Waals surface area (Å²) in [6, 6.07) is 6.78. The van der Waals surface area contributed by atoms with E-state index in [4.69, 9.17) is 4.74 Å². The van der Waals surface area contributed by atoms with Crippen molar-refractivity contribution in [1.82, 2.24) is 4.90 Å². The Labute approximate surface area is 159 Å². The fourth-order valence-corrected chi connectivity index (χ4v) is 3.99. The van der Waals surface area contributed by atoms with Crippen molar-refractivity contribution in [2.75, 3.05) is 0 Å². The summed E-state index contributed by atoms with van der Waals surface area (Å²) in [7, 11) is 0. The lowest BCUT2D eigenvalue weighted by atomic mass is 9.87. The number of para-hydroxylation sites is 1. The van der Waals surface area contributed by atoms with Gasteiger partial charge in [-0.25, -0.2) is 0 Å². The zero-order valence-electron chi connectivity index (χ0n) is 15.6. The maximum absolute atomic E-state index is 11.7. The fraction of sp³-hybridized carbons (Fsp3) is 0.476. The molecule has 0 bridgehead atoms. The van der Waals surface area contributed by atoms with E-state index < -0.39 is 0 Å². The maximum atomic E-state index is 11.7. The number of carbonyl (C=O) groups is 1. The van der Waals surface area contributed by atoms with Crippen molar-refractivity contribution >= 4 is 12.0 Å². The Balaban J connectivity index is 1.91. The van der Waals surface area contributed by atoms with E-state index in [0.717, 1.165) is 44.0 Å². The van der Waals surface area contributed by atoms with E-state index >= 15 is 0 Å². The third-order valence-electron chi connectivity index (χ3n) is 5.46. The molecular formula is C21H26N2O4. The minimum Gasteiger partial charge on any atom is -0.478 e. The Kier molecular flexibility index (Phi) is 6.27. The van der Waals surface area contributed by atoms with Gasteiger partial charge in [-0.15, -0.1) is 0 Å². The van der Waals surface area contributed by atoms with Crippen LogP contribution in [-0.4, -0.2) is 22.3 Å². The van der Waals surface area contributed by atoms with Crippen LogP contribution in [0.4, 0.5) is 5.69 Å². The number of benzene rings is 1. The lowest BCUT2D eigenvalue weighted by molar-refractivity contribution is -0.385. The van der Waals surface area contributed by atoms with Gasteiger partial charge < -0.3 is 14.4 Å². The largest absolute Gasteiger partial charge is 0.478 e. The van der Waals surface area contributed by atoms with Gasteiger partial charge in [0.15, 0.2) is 6.23 Å². The molecule has 1 aliphatic heterocycles. The van der Waals surface area contributed by atoms with Crippen LogP contribution < -0.4 is 0 Å². The average Bonchev–Trinajstić information content (AvgIpc) is 3.00. The Morgan fingerprint density at radius 3 is 2.81 bits per heavy atom. The molecule has 6 nitrogen and oxygen atoms in total. The summed E-state index contributed by atoms with van der Waals surface area (Å²) >= 11 is 0. The topological polar surface area (TPSA) is 72.7 Å². The van der Waals surface area contributed by atoms with Crippen LogP contribution in [0.3, 0.4) is 0 Å². The van der Waals surface area contributed by atoms with Crippen LogP contribution >= 0.6 is 0 Å². The first-order chi connectivity index (χ1) is 13.1. The molecule has 6 heteroatoms. The number of nitro groups is 1. The van der Waals surface area contributed by atoms with E-state index in [1.807, 2.05) is 30.2 Å². The van der Waals surface area contributed by atoms with Crippen molar-refractivity contribution < 1.29 is 14.5 Å². The van der Waals surface area contributed by atoms with Gasteiger partial charge in [0.25, 0.3) is 5.69 Å². The zero-order valence-corrected chi connectivity index (χ0v) is 15.6. The molecule has 1 saturated carbocycles.